The molecule has 2 aromatic rings. The summed E-state index contributed by atoms with van der Waals surface area (Å²) >= 11 is 3.61. The second-order valence-corrected chi connectivity index (χ2v) is 6.57. The van der Waals surface area contributed by atoms with Gasteiger partial charge in [0, 0.05) is 22.3 Å². The molecule has 4 heteroatoms. The summed E-state index contributed by atoms with van der Waals surface area (Å²) in [5.41, 5.74) is 5.07. The van der Waals surface area contributed by atoms with E-state index in [0.717, 1.165) is 17.4 Å². The van der Waals surface area contributed by atoms with Gasteiger partial charge in [0.25, 0.3) is 0 Å². The van der Waals surface area contributed by atoms with Gasteiger partial charge in [-0.2, -0.15) is 0 Å². The zero-order valence-corrected chi connectivity index (χ0v) is 13.5. The number of nitrogens with zero attached hydrogens (tertiary/aromatic N) is 1. The molecule has 2 aliphatic rings. The van der Waals surface area contributed by atoms with Gasteiger partial charge >= 0.3 is 0 Å². The third kappa shape index (κ3) is 2.01. The molecule has 0 aliphatic carbocycles. The number of hydrogen-bond donors (Lipinski definition) is 2. The van der Waals surface area contributed by atoms with E-state index >= 15 is 0 Å². The predicted molar refractivity (Wildman–Crippen MR) is 92.0 cm³/mol. The van der Waals surface area contributed by atoms with E-state index in [9.17, 15) is 0 Å². The lowest BCUT2D eigenvalue weighted by molar-refractivity contribution is 0.599. The molecule has 2 atom stereocenters. The highest BCUT2D eigenvalue weighted by atomic mass is 79.9. The van der Waals surface area contributed by atoms with E-state index < -0.39 is 0 Å². The maximum absolute atomic E-state index is 3.71. The minimum Gasteiger partial charge on any atom is -0.373 e. The SMILES string of the molecule is CCCN1c2ccc(Br)cc2C2Nc3ccccc3NC21. The second kappa shape index (κ2) is 4.95. The number of nitrogens with one attached hydrogen (secondary N) is 2. The van der Waals surface area contributed by atoms with Crippen LogP contribution >= 0.6 is 15.9 Å². The van der Waals surface area contributed by atoms with Gasteiger partial charge in [0.1, 0.15) is 6.17 Å². The molecule has 0 saturated carbocycles. The number of halogens is 1. The van der Waals surface area contributed by atoms with Gasteiger partial charge < -0.3 is 15.5 Å². The Kier molecular flexibility index (Phi) is 3.07. The Morgan fingerprint density at radius 1 is 1.10 bits per heavy atom. The van der Waals surface area contributed by atoms with Gasteiger partial charge in [-0.3, -0.25) is 0 Å². The molecule has 2 N–H and O–H groups in total. The average molecular weight is 344 g/mol. The Balaban J connectivity index is 1.80. The monoisotopic (exact) mass is 343 g/mol. The lowest BCUT2D eigenvalue weighted by Gasteiger charge is -2.37. The number of rotatable bonds is 2. The van der Waals surface area contributed by atoms with Crippen molar-refractivity contribution in [2.24, 2.45) is 0 Å². The summed E-state index contributed by atoms with van der Waals surface area (Å²) in [7, 11) is 0. The van der Waals surface area contributed by atoms with E-state index in [0.29, 0.717) is 6.04 Å². The fourth-order valence-electron chi connectivity index (χ4n) is 3.42. The van der Waals surface area contributed by atoms with Crippen molar-refractivity contribution in [1.29, 1.82) is 0 Å². The molecule has 2 aliphatic heterocycles. The molecule has 0 aromatic heterocycles. The minimum absolute atomic E-state index is 0.282. The number of para-hydroxylation sites is 2. The summed E-state index contributed by atoms with van der Waals surface area (Å²) in [5, 5.41) is 7.41. The second-order valence-electron chi connectivity index (χ2n) is 5.65. The molecule has 2 unspecified atom stereocenters. The highest BCUT2D eigenvalue weighted by Gasteiger charge is 2.40. The Morgan fingerprint density at radius 2 is 1.86 bits per heavy atom. The van der Waals surface area contributed by atoms with Crippen LogP contribution in [-0.4, -0.2) is 12.7 Å². The van der Waals surface area contributed by atoms with Gasteiger partial charge in [0.05, 0.1) is 17.4 Å². The van der Waals surface area contributed by atoms with Crippen molar-refractivity contribution in [2.75, 3.05) is 22.1 Å². The first-order valence-electron chi connectivity index (χ1n) is 7.46. The molecule has 2 heterocycles. The van der Waals surface area contributed by atoms with Crippen LogP contribution in [0.2, 0.25) is 0 Å². The largest absolute Gasteiger partial charge is 0.373 e. The molecule has 0 radical (unpaired) electrons. The topological polar surface area (TPSA) is 27.3 Å². The molecule has 0 bridgehead atoms. The van der Waals surface area contributed by atoms with E-state index in [-0.39, 0.29) is 6.17 Å². The Hall–Kier alpha value is -1.68. The highest BCUT2D eigenvalue weighted by molar-refractivity contribution is 9.10. The van der Waals surface area contributed by atoms with Crippen LogP contribution in [0.1, 0.15) is 24.9 Å². The first-order chi connectivity index (χ1) is 10.3. The van der Waals surface area contributed by atoms with Crippen molar-refractivity contribution < 1.29 is 0 Å². The maximum atomic E-state index is 3.71. The third-order valence-electron chi connectivity index (χ3n) is 4.29. The summed E-state index contributed by atoms with van der Waals surface area (Å²) < 4.78 is 1.14. The zero-order valence-electron chi connectivity index (χ0n) is 11.9. The van der Waals surface area contributed by atoms with Crippen molar-refractivity contribution in [3.63, 3.8) is 0 Å². The average Bonchev–Trinajstić information content (AvgIpc) is 2.79. The third-order valence-corrected chi connectivity index (χ3v) is 4.78. The van der Waals surface area contributed by atoms with Gasteiger partial charge in [-0.25, -0.2) is 0 Å². The molecule has 2 aromatic carbocycles. The quantitative estimate of drug-likeness (QED) is 0.835. The van der Waals surface area contributed by atoms with E-state index in [4.69, 9.17) is 0 Å². The fourth-order valence-corrected chi connectivity index (χ4v) is 3.79. The molecule has 0 spiro atoms. The van der Waals surface area contributed by atoms with Crippen LogP contribution < -0.4 is 15.5 Å². The van der Waals surface area contributed by atoms with Crippen LogP contribution in [0.5, 0.6) is 0 Å². The highest BCUT2D eigenvalue weighted by Crippen LogP contribution is 2.46. The van der Waals surface area contributed by atoms with E-state index in [2.05, 4.69) is 80.9 Å². The van der Waals surface area contributed by atoms with Crippen LogP contribution in [0.15, 0.2) is 46.9 Å². The Bertz CT molecular complexity index is 685. The minimum atomic E-state index is 0.282. The van der Waals surface area contributed by atoms with E-state index in [1.54, 1.807) is 0 Å². The van der Waals surface area contributed by atoms with Crippen molar-refractivity contribution in [1.82, 2.24) is 0 Å². The number of fused-ring (bicyclic) bond motifs is 4. The molecular weight excluding hydrogens is 326 g/mol. The van der Waals surface area contributed by atoms with Gasteiger partial charge in [-0.05, 0) is 36.8 Å². The van der Waals surface area contributed by atoms with Gasteiger partial charge in [-0.1, -0.05) is 35.0 Å². The van der Waals surface area contributed by atoms with Crippen LogP contribution in [-0.2, 0) is 0 Å². The predicted octanol–water partition coefficient (Wildman–Crippen LogP) is 4.58. The fraction of sp³-hybridized carbons (Fsp3) is 0.294. The Labute approximate surface area is 133 Å². The van der Waals surface area contributed by atoms with Gasteiger partial charge in [-0.15, -0.1) is 0 Å². The van der Waals surface area contributed by atoms with E-state index in [1.807, 2.05) is 0 Å². The van der Waals surface area contributed by atoms with E-state index in [1.165, 1.54) is 22.6 Å². The number of anilines is 3. The number of hydrogen-bond acceptors (Lipinski definition) is 3. The lowest BCUT2D eigenvalue weighted by Crippen LogP contribution is -2.45. The Morgan fingerprint density at radius 3 is 2.62 bits per heavy atom. The van der Waals surface area contributed by atoms with Crippen molar-refractivity contribution in [2.45, 2.75) is 25.6 Å². The molecule has 108 valence electrons. The van der Waals surface area contributed by atoms with Gasteiger partial charge in [0.15, 0.2) is 0 Å². The summed E-state index contributed by atoms with van der Waals surface area (Å²) in [6, 6.07) is 15.3. The lowest BCUT2D eigenvalue weighted by atomic mass is 10.0. The molecule has 0 amide bonds. The maximum Gasteiger partial charge on any atom is 0.124 e. The van der Waals surface area contributed by atoms with Crippen LogP contribution in [0.4, 0.5) is 17.1 Å². The summed E-state index contributed by atoms with van der Waals surface area (Å²) in [4.78, 5) is 2.48. The molecule has 21 heavy (non-hydrogen) atoms. The summed E-state index contributed by atoms with van der Waals surface area (Å²) in [6.07, 6.45) is 1.42. The van der Waals surface area contributed by atoms with Crippen molar-refractivity contribution in [3.05, 3.63) is 52.5 Å². The molecule has 0 fully saturated rings. The summed E-state index contributed by atoms with van der Waals surface area (Å²) in [6.45, 7) is 3.29. The van der Waals surface area contributed by atoms with Crippen LogP contribution in [0.25, 0.3) is 0 Å². The van der Waals surface area contributed by atoms with Crippen molar-refractivity contribution in [3.8, 4) is 0 Å². The molecule has 3 nitrogen and oxygen atoms in total. The first kappa shape index (κ1) is 13.0. The smallest absolute Gasteiger partial charge is 0.124 e. The first-order valence-corrected chi connectivity index (χ1v) is 8.25. The molecule has 0 saturated heterocycles. The van der Waals surface area contributed by atoms with Crippen LogP contribution in [0.3, 0.4) is 0 Å². The summed E-state index contributed by atoms with van der Waals surface area (Å²) in [5.74, 6) is 0. The standard InChI is InChI=1S/C17H18BrN3/c1-2-9-21-15-8-7-11(18)10-12(15)16-17(21)20-14-6-4-3-5-13(14)19-16/h3-8,10,16-17,19-20H,2,9H2,1H3. The van der Waals surface area contributed by atoms with Gasteiger partial charge in [0.2, 0.25) is 0 Å². The molecular formula is C17H18BrN3. The normalized spacial score (nSPS) is 21.9. The van der Waals surface area contributed by atoms with Crippen molar-refractivity contribution >= 4 is 33.0 Å². The van der Waals surface area contributed by atoms with Crippen LogP contribution in [0, 0.1) is 0 Å². The molecule has 4 rings (SSSR count). The number of benzene rings is 2. The zero-order chi connectivity index (χ0) is 14.4.